The van der Waals surface area contributed by atoms with Crippen molar-refractivity contribution in [2.45, 2.75) is 26.3 Å². The van der Waals surface area contributed by atoms with E-state index in [1.807, 2.05) is 0 Å². The summed E-state index contributed by atoms with van der Waals surface area (Å²) < 4.78 is 12.0. The van der Waals surface area contributed by atoms with Gasteiger partial charge in [-0.15, -0.1) is 11.6 Å². The van der Waals surface area contributed by atoms with Gasteiger partial charge >= 0.3 is 0 Å². The molecule has 0 N–H and O–H groups in total. The molecule has 11 heavy (non-hydrogen) atoms. The molecule has 68 valence electrons. The summed E-state index contributed by atoms with van der Waals surface area (Å²) in [5, 5.41) is 0. The number of hydrogen-bond acceptors (Lipinski definition) is 1. The van der Waals surface area contributed by atoms with Crippen LogP contribution in [0.5, 0.6) is 0 Å². The van der Waals surface area contributed by atoms with Crippen molar-refractivity contribution in [3.63, 3.8) is 0 Å². The first-order valence-corrected chi connectivity index (χ1v) is 4.61. The van der Waals surface area contributed by atoms with Crippen molar-refractivity contribution < 1.29 is 4.39 Å². The third-order valence-corrected chi connectivity index (χ3v) is 1.95. The van der Waals surface area contributed by atoms with E-state index in [-0.39, 0.29) is 6.67 Å². The largest absolute Gasteiger partial charge is 0.298 e. The van der Waals surface area contributed by atoms with Gasteiger partial charge in [0.15, 0.2) is 0 Å². The Morgan fingerprint density at radius 3 is 2.36 bits per heavy atom. The first kappa shape index (κ1) is 11.2. The van der Waals surface area contributed by atoms with E-state index in [1.165, 1.54) is 0 Å². The minimum atomic E-state index is -0.263. The van der Waals surface area contributed by atoms with Crippen molar-refractivity contribution in [3.05, 3.63) is 0 Å². The van der Waals surface area contributed by atoms with Crippen LogP contribution in [0.4, 0.5) is 4.39 Å². The third-order valence-electron chi connectivity index (χ3n) is 1.68. The summed E-state index contributed by atoms with van der Waals surface area (Å²) in [7, 11) is 0. The Balaban J connectivity index is 3.51. The number of alkyl halides is 2. The molecule has 0 aromatic carbocycles. The first-order chi connectivity index (χ1) is 5.22. The lowest BCUT2D eigenvalue weighted by atomic mass is 10.3. The maximum atomic E-state index is 12.0. The molecule has 0 spiro atoms. The van der Waals surface area contributed by atoms with Crippen molar-refractivity contribution in [3.8, 4) is 0 Å². The van der Waals surface area contributed by atoms with Crippen LogP contribution >= 0.6 is 11.6 Å². The Labute approximate surface area is 73.5 Å². The third kappa shape index (κ3) is 5.45. The Hall–Kier alpha value is 0.180. The van der Waals surface area contributed by atoms with Gasteiger partial charge in [-0.05, 0) is 26.8 Å². The zero-order valence-electron chi connectivity index (χ0n) is 7.32. The Morgan fingerprint density at radius 2 is 2.00 bits per heavy atom. The summed E-state index contributed by atoms with van der Waals surface area (Å²) >= 11 is 5.53. The molecule has 0 saturated carbocycles. The number of rotatable bonds is 6. The molecule has 0 atom stereocenters. The molecule has 0 aromatic rings. The van der Waals surface area contributed by atoms with Gasteiger partial charge in [-0.25, -0.2) is 4.39 Å². The Bertz CT molecular complexity index is 88.2. The second kappa shape index (κ2) is 6.86. The first-order valence-electron chi connectivity index (χ1n) is 4.08. The minimum absolute atomic E-state index is 0.263. The molecule has 0 aromatic heterocycles. The van der Waals surface area contributed by atoms with Crippen LogP contribution in [0.1, 0.15) is 20.3 Å². The van der Waals surface area contributed by atoms with E-state index in [1.54, 1.807) is 0 Å². The lowest BCUT2D eigenvalue weighted by molar-refractivity contribution is 0.204. The van der Waals surface area contributed by atoms with Gasteiger partial charge in [0.25, 0.3) is 0 Å². The van der Waals surface area contributed by atoms with Gasteiger partial charge in [0.1, 0.15) is 6.67 Å². The number of nitrogens with zero attached hydrogens (tertiary/aromatic N) is 1. The fourth-order valence-electron chi connectivity index (χ4n) is 1.000. The summed E-state index contributed by atoms with van der Waals surface area (Å²) in [6, 6.07) is 0.425. The van der Waals surface area contributed by atoms with Crippen LogP contribution in [0.2, 0.25) is 0 Å². The van der Waals surface area contributed by atoms with Crippen molar-refractivity contribution in [2.75, 3.05) is 25.6 Å². The van der Waals surface area contributed by atoms with Gasteiger partial charge in [-0.3, -0.25) is 4.90 Å². The smallest absolute Gasteiger partial charge is 0.102 e. The highest BCUT2D eigenvalue weighted by Crippen LogP contribution is 2.00. The highest BCUT2D eigenvalue weighted by atomic mass is 35.5. The lowest BCUT2D eigenvalue weighted by Gasteiger charge is -2.24. The van der Waals surface area contributed by atoms with Crippen LogP contribution in [0.25, 0.3) is 0 Å². The summed E-state index contributed by atoms with van der Waals surface area (Å²) in [5.74, 6) is 0.662. The zero-order valence-corrected chi connectivity index (χ0v) is 8.07. The van der Waals surface area contributed by atoms with E-state index in [2.05, 4.69) is 18.7 Å². The number of hydrogen-bond donors (Lipinski definition) is 0. The van der Waals surface area contributed by atoms with E-state index in [4.69, 9.17) is 11.6 Å². The quantitative estimate of drug-likeness (QED) is 0.569. The van der Waals surface area contributed by atoms with Crippen molar-refractivity contribution in [1.82, 2.24) is 4.90 Å². The summed E-state index contributed by atoms with van der Waals surface area (Å²) in [6.07, 6.45) is 0.944. The summed E-state index contributed by atoms with van der Waals surface area (Å²) in [5.41, 5.74) is 0. The molecule has 0 amide bonds. The van der Waals surface area contributed by atoms with Crippen LogP contribution in [0.3, 0.4) is 0 Å². The predicted octanol–water partition coefficient (Wildman–Crippen LogP) is 2.30. The molecule has 1 nitrogen and oxygen atoms in total. The maximum Gasteiger partial charge on any atom is 0.102 e. The molecule has 0 rings (SSSR count). The Morgan fingerprint density at radius 1 is 1.36 bits per heavy atom. The maximum absolute atomic E-state index is 12.0. The minimum Gasteiger partial charge on any atom is -0.298 e. The van der Waals surface area contributed by atoms with Crippen LogP contribution < -0.4 is 0 Å². The topological polar surface area (TPSA) is 3.24 Å². The molecular formula is C8H17ClFN. The van der Waals surface area contributed by atoms with Crippen LogP contribution in [-0.2, 0) is 0 Å². The SMILES string of the molecule is CC(C)N(CCF)CCCCl. The predicted molar refractivity (Wildman–Crippen MR) is 48.0 cm³/mol. The molecular weight excluding hydrogens is 165 g/mol. The monoisotopic (exact) mass is 181 g/mol. The fraction of sp³-hybridized carbons (Fsp3) is 1.00. The molecule has 0 aliphatic heterocycles. The lowest BCUT2D eigenvalue weighted by Crippen LogP contribution is -2.33. The van der Waals surface area contributed by atoms with Crippen LogP contribution in [0, 0.1) is 0 Å². The molecule has 0 unspecified atom stereocenters. The van der Waals surface area contributed by atoms with Crippen molar-refractivity contribution >= 4 is 11.6 Å². The van der Waals surface area contributed by atoms with Crippen LogP contribution in [0.15, 0.2) is 0 Å². The molecule has 0 heterocycles. The van der Waals surface area contributed by atoms with Crippen molar-refractivity contribution in [1.29, 1.82) is 0 Å². The normalized spacial score (nSPS) is 11.5. The average Bonchev–Trinajstić information content (AvgIpc) is 1.97. The molecule has 0 bridgehead atoms. The van der Waals surface area contributed by atoms with Crippen LogP contribution in [-0.4, -0.2) is 36.6 Å². The summed E-state index contributed by atoms with van der Waals surface area (Å²) in [6.45, 7) is 5.33. The summed E-state index contributed by atoms with van der Waals surface area (Å²) in [4.78, 5) is 2.10. The molecule has 0 radical (unpaired) electrons. The average molecular weight is 182 g/mol. The van der Waals surface area contributed by atoms with Gasteiger partial charge in [0.2, 0.25) is 0 Å². The van der Waals surface area contributed by atoms with E-state index in [0.29, 0.717) is 18.5 Å². The highest BCUT2D eigenvalue weighted by Gasteiger charge is 2.07. The standard InChI is InChI=1S/C8H17ClFN/c1-8(2)11(7-5-10)6-3-4-9/h8H,3-7H2,1-2H3. The fourth-order valence-corrected chi connectivity index (χ4v) is 1.12. The Kier molecular flexibility index (Phi) is 6.98. The van der Waals surface area contributed by atoms with E-state index < -0.39 is 0 Å². The molecule has 0 aliphatic carbocycles. The zero-order chi connectivity index (χ0) is 8.69. The second-order valence-electron chi connectivity index (χ2n) is 2.86. The molecule has 0 aliphatic rings. The van der Waals surface area contributed by atoms with Gasteiger partial charge in [0.05, 0.1) is 0 Å². The van der Waals surface area contributed by atoms with Gasteiger partial charge in [-0.1, -0.05) is 0 Å². The van der Waals surface area contributed by atoms with E-state index >= 15 is 0 Å². The van der Waals surface area contributed by atoms with E-state index in [9.17, 15) is 4.39 Å². The second-order valence-corrected chi connectivity index (χ2v) is 3.24. The molecule has 3 heteroatoms. The van der Waals surface area contributed by atoms with E-state index in [0.717, 1.165) is 13.0 Å². The van der Waals surface area contributed by atoms with Crippen molar-refractivity contribution in [2.24, 2.45) is 0 Å². The molecule has 0 fully saturated rings. The number of halogens is 2. The van der Waals surface area contributed by atoms with Gasteiger partial charge in [0, 0.05) is 18.5 Å². The van der Waals surface area contributed by atoms with Gasteiger partial charge in [-0.2, -0.15) is 0 Å². The highest BCUT2D eigenvalue weighted by molar-refractivity contribution is 6.17. The van der Waals surface area contributed by atoms with Gasteiger partial charge < -0.3 is 0 Å². The molecule has 0 saturated heterocycles.